The molecular weight excluding hydrogens is 256 g/mol. The van der Waals surface area contributed by atoms with E-state index < -0.39 is 12.0 Å². The van der Waals surface area contributed by atoms with Gasteiger partial charge in [-0.05, 0) is 18.1 Å². The number of carbonyl (C=O) groups excluding carboxylic acids is 2. The maximum Gasteiger partial charge on any atom is 0.328 e. The Balaban J connectivity index is 2.78. The zero-order valence-electron chi connectivity index (χ0n) is 10.4. The second-order valence-corrected chi connectivity index (χ2v) is 4.48. The first-order valence-electron chi connectivity index (χ1n) is 5.46. The number of esters is 1. The van der Waals surface area contributed by atoms with Crippen molar-refractivity contribution in [3.8, 4) is 0 Å². The van der Waals surface area contributed by atoms with E-state index in [1.807, 2.05) is 13.8 Å². The second kappa shape index (κ2) is 6.35. The fraction of sp³-hybridized carbons (Fsp3) is 0.417. The highest BCUT2D eigenvalue weighted by atomic mass is 35.5. The van der Waals surface area contributed by atoms with Crippen LogP contribution in [0.5, 0.6) is 0 Å². The van der Waals surface area contributed by atoms with Gasteiger partial charge in [-0.1, -0.05) is 25.4 Å². The summed E-state index contributed by atoms with van der Waals surface area (Å²) in [5.41, 5.74) is 0.342. The monoisotopic (exact) mass is 270 g/mol. The fourth-order valence-electron chi connectivity index (χ4n) is 1.36. The van der Waals surface area contributed by atoms with E-state index in [0.717, 1.165) is 0 Å². The van der Waals surface area contributed by atoms with Gasteiger partial charge in [0.15, 0.2) is 0 Å². The van der Waals surface area contributed by atoms with Crippen molar-refractivity contribution in [2.75, 3.05) is 7.11 Å². The molecule has 1 rings (SSSR count). The van der Waals surface area contributed by atoms with Crippen LogP contribution in [0.2, 0.25) is 5.15 Å². The summed E-state index contributed by atoms with van der Waals surface area (Å²) in [5, 5.41) is 2.91. The van der Waals surface area contributed by atoms with Crippen molar-refractivity contribution in [3.63, 3.8) is 0 Å². The van der Waals surface area contributed by atoms with Crippen molar-refractivity contribution in [1.82, 2.24) is 10.3 Å². The van der Waals surface area contributed by atoms with E-state index >= 15 is 0 Å². The molecule has 1 heterocycles. The summed E-state index contributed by atoms with van der Waals surface area (Å²) in [5.74, 6) is -0.926. The minimum atomic E-state index is -0.682. The second-order valence-electron chi connectivity index (χ2n) is 4.09. The summed E-state index contributed by atoms with van der Waals surface area (Å²) in [6, 6.07) is 2.37. The number of ether oxygens (including phenoxy) is 1. The van der Waals surface area contributed by atoms with Gasteiger partial charge in [-0.25, -0.2) is 9.78 Å². The number of hydrogen-bond donors (Lipinski definition) is 1. The van der Waals surface area contributed by atoms with Crippen molar-refractivity contribution in [2.24, 2.45) is 5.92 Å². The summed E-state index contributed by atoms with van der Waals surface area (Å²) >= 11 is 5.63. The Kier molecular flexibility index (Phi) is 5.09. The van der Waals surface area contributed by atoms with Crippen LogP contribution in [0.25, 0.3) is 0 Å². The molecule has 1 atom stereocenters. The molecule has 0 saturated heterocycles. The van der Waals surface area contributed by atoms with Crippen LogP contribution in [0, 0.1) is 5.92 Å². The topological polar surface area (TPSA) is 68.3 Å². The molecule has 1 aromatic heterocycles. The van der Waals surface area contributed by atoms with Gasteiger partial charge in [0.05, 0.1) is 12.7 Å². The van der Waals surface area contributed by atoms with E-state index in [1.54, 1.807) is 6.07 Å². The molecule has 0 aliphatic rings. The van der Waals surface area contributed by atoms with Gasteiger partial charge < -0.3 is 10.1 Å². The van der Waals surface area contributed by atoms with Crippen LogP contribution in [0.15, 0.2) is 18.3 Å². The van der Waals surface area contributed by atoms with Gasteiger partial charge in [-0.2, -0.15) is 0 Å². The number of nitrogens with zero attached hydrogens (tertiary/aromatic N) is 1. The standard InChI is InChI=1S/C12H15ClN2O3/c1-7(2)10(12(17)18-3)15-11(16)8-4-5-9(13)14-6-8/h4-7,10H,1-3H3,(H,15,16)/t10-/m0/s1. The fourth-order valence-corrected chi connectivity index (χ4v) is 1.47. The highest BCUT2D eigenvalue weighted by Gasteiger charge is 2.25. The smallest absolute Gasteiger partial charge is 0.328 e. The molecule has 1 amide bonds. The third-order valence-corrected chi connectivity index (χ3v) is 2.62. The van der Waals surface area contributed by atoms with Crippen LogP contribution in [0.4, 0.5) is 0 Å². The molecule has 0 radical (unpaired) electrons. The maximum atomic E-state index is 11.9. The quantitative estimate of drug-likeness (QED) is 0.667. The Morgan fingerprint density at radius 1 is 1.39 bits per heavy atom. The van der Waals surface area contributed by atoms with Crippen LogP contribution in [0.3, 0.4) is 0 Å². The van der Waals surface area contributed by atoms with E-state index in [-0.39, 0.29) is 11.8 Å². The Bertz CT molecular complexity index is 431. The van der Waals surface area contributed by atoms with Crippen LogP contribution in [0.1, 0.15) is 24.2 Å². The molecule has 5 nitrogen and oxygen atoms in total. The number of carbonyl (C=O) groups is 2. The summed E-state index contributed by atoms with van der Waals surface area (Å²) in [7, 11) is 1.29. The van der Waals surface area contributed by atoms with Gasteiger partial charge in [0.1, 0.15) is 11.2 Å². The minimum absolute atomic E-state index is 0.0679. The third kappa shape index (κ3) is 3.70. The lowest BCUT2D eigenvalue weighted by Crippen LogP contribution is -2.45. The molecule has 0 bridgehead atoms. The Morgan fingerprint density at radius 3 is 2.50 bits per heavy atom. The molecule has 18 heavy (non-hydrogen) atoms. The van der Waals surface area contributed by atoms with Crippen molar-refractivity contribution < 1.29 is 14.3 Å². The number of pyridine rings is 1. The molecule has 6 heteroatoms. The van der Waals surface area contributed by atoms with E-state index in [1.165, 1.54) is 19.4 Å². The molecule has 0 aromatic carbocycles. The number of hydrogen-bond acceptors (Lipinski definition) is 4. The molecular formula is C12H15ClN2O3. The number of methoxy groups -OCH3 is 1. The SMILES string of the molecule is COC(=O)[C@@H](NC(=O)c1ccc(Cl)nc1)C(C)C. The molecule has 0 saturated carbocycles. The van der Waals surface area contributed by atoms with E-state index in [0.29, 0.717) is 10.7 Å². The third-order valence-electron chi connectivity index (χ3n) is 2.40. The molecule has 0 fully saturated rings. The average molecular weight is 271 g/mol. The van der Waals surface area contributed by atoms with E-state index in [2.05, 4.69) is 15.0 Å². The number of nitrogens with one attached hydrogen (secondary N) is 1. The predicted molar refractivity (Wildman–Crippen MR) is 67.4 cm³/mol. The summed E-state index contributed by atoms with van der Waals surface area (Å²) in [4.78, 5) is 27.2. The van der Waals surface area contributed by atoms with Gasteiger partial charge in [0.2, 0.25) is 0 Å². The lowest BCUT2D eigenvalue weighted by Gasteiger charge is -2.19. The first-order valence-corrected chi connectivity index (χ1v) is 5.83. The van der Waals surface area contributed by atoms with Gasteiger partial charge in [0.25, 0.3) is 5.91 Å². The van der Waals surface area contributed by atoms with Crippen LogP contribution >= 0.6 is 11.6 Å². The van der Waals surface area contributed by atoms with Gasteiger partial charge in [-0.3, -0.25) is 4.79 Å². The van der Waals surface area contributed by atoms with Crippen molar-refractivity contribution in [1.29, 1.82) is 0 Å². The number of halogens is 1. The molecule has 98 valence electrons. The minimum Gasteiger partial charge on any atom is -0.467 e. The van der Waals surface area contributed by atoms with Crippen molar-refractivity contribution in [3.05, 3.63) is 29.0 Å². The summed E-state index contributed by atoms with van der Waals surface area (Å²) in [6.07, 6.45) is 1.35. The molecule has 0 aliphatic heterocycles. The molecule has 1 aromatic rings. The largest absolute Gasteiger partial charge is 0.467 e. The molecule has 0 aliphatic carbocycles. The maximum absolute atomic E-state index is 11.9. The van der Waals surface area contributed by atoms with E-state index in [9.17, 15) is 9.59 Å². The molecule has 0 unspecified atom stereocenters. The predicted octanol–water partition coefficient (Wildman–Crippen LogP) is 1.66. The summed E-state index contributed by atoms with van der Waals surface area (Å²) < 4.78 is 4.64. The highest BCUT2D eigenvalue weighted by Crippen LogP contribution is 2.08. The normalized spacial score (nSPS) is 12.1. The zero-order chi connectivity index (χ0) is 13.7. The van der Waals surface area contributed by atoms with Crippen LogP contribution < -0.4 is 5.32 Å². The Hall–Kier alpha value is -1.62. The first kappa shape index (κ1) is 14.4. The number of amides is 1. The van der Waals surface area contributed by atoms with Crippen molar-refractivity contribution in [2.45, 2.75) is 19.9 Å². The lowest BCUT2D eigenvalue weighted by atomic mass is 10.0. The lowest BCUT2D eigenvalue weighted by molar-refractivity contribution is -0.144. The number of rotatable bonds is 4. The van der Waals surface area contributed by atoms with E-state index in [4.69, 9.17) is 11.6 Å². The zero-order valence-corrected chi connectivity index (χ0v) is 11.2. The average Bonchev–Trinajstić information content (AvgIpc) is 2.35. The first-order chi connectivity index (χ1) is 8.45. The molecule has 1 N–H and O–H groups in total. The number of aromatic nitrogens is 1. The van der Waals surface area contributed by atoms with Crippen LogP contribution in [-0.4, -0.2) is 30.0 Å². The molecule has 0 spiro atoms. The Morgan fingerprint density at radius 2 is 2.06 bits per heavy atom. The van der Waals surface area contributed by atoms with Gasteiger partial charge in [0, 0.05) is 6.20 Å². The highest BCUT2D eigenvalue weighted by molar-refractivity contribution is 6.29. The van der Waals surface area contributed by atoms with Crippen molar-refractivity contribution >= 4 is 23.5 Å². The van der Waals surface area contributed by atoms with Gasteiger partial charge >= 0.3 is 5.97 Å². The van der Waals surface area contributed by atoms with Crippen LogP contribution in [-0.2, 0) is 9.53 Å². The summed E-state index contributed by atoms with van der Waals surface area (Å²) in [6.45, 7) is 3.64. The Labute approximate surface area is 110 Å². The van der Waals surface area contributed by atoms with Gasteiger partial charge in [-0.15, -0.1) is 0 Å².